The van der Waals surface area contributed by atoms with Crippen LogP contribution in [0.3, 0.4) is 0 Å². The maximum atomic E-state index is 11.4. The zero-order valence-electron chi connectivity index (χ0n) is 11.2. The van der Waals surface area contributed by atoms with Gasteiger partial charge in [0.25, 0.3) is 0 Å². The van der Waals surface area contributed by atoms with E-state index in [9.17, 15) is 4.79 Å². The summed E-state index contributed by atoms with van der Waals surface area (Å²) in [6, 6.07) is 1.86. The van der Waals surface area contributed by atoms with Crippen molar-refractivity contribution in [1.29, 1.82) is 0 Å². The van der Waals surface area contributed by atoms with Gasteiger partial charge in [-0.1, -0.05) is 6.92 Å². The lowest BCUT2D eigenvalue weighted by Crippen LogP contribution is -2.31. The number of aromatic nitrogens is 3. The van der Waals surface area contributed by atoms with Crippen LogP contribution in [0.1, 0.15) is 19.0 Å². The maximum Gasteiger partial charge on any atom is 0.319 e. The van der Waals surface area contributed by atoms with E-state index in [0.717, 1.165) is 18.7 Å². The molecule has 19 heavy (non-hydrogen) atoms. The molecule has 2 aromatic heterocycles. The predicted octanol–water partition coefficient (Wildman–Crippen LogP) is 1.11. The first-order valence-corrected chi connectivity index (χ1v) is 6.30. The molecule has 0 aliphatic heterocycles. The lowest BCUT2D eigenvalue weighted by molar-refractivity contribution is -0.142. The Labute approximate surface area is 112 Å². The van der Waals surface area contributed by atoms with E-state index >= 15 is 0 Å². The minimum absolute atomic E-state index is 0.227. The molecule has 0 aliphatic carbocycles. The first kappa shape index (κ1) is 13.5. The standard InChI is InChI=1S/C13H18N4O2/c1-3-6-16(10-12(18)19-2)8-11-9-17-7-4-5-14-13(17)15-11/h4-5,7,9H,3,6,8,10H2,1-2H3. The maximum absolute atomic E-state index is 11.4. The summed E-state index contributed by atoms with van der Waals surface area (Å²) in [5.74, 6) is 0.447. The van der Waals surface area contributed by atoms with E-state index in [1.165, 1.54) is 7.11 Å². The number of rotatable bonds is 6. The van der Waals surface area contributed by atoms with Gasteiger partial charge in [-0.15, -0.1) is 0 Å². The van der Waals surface area contributed by atoms with E-state index in [-0.39, 0.29) is 12.5 Å². The minimum atomic E-state index is -0.227. The molecule has 0 saturated carbocycles. The van der Waals surface area contributed by atoms with Crippen LogP contribution in [0.4, 0.5) is 0 Å². The van der Waals surface area contributed by atoms with E-state index in [1.54, 1.807) is 6.20 Å². The van der Waals surface area contributed by atoms with Crippen LogP contribution in [0.25, 0.3) is 5.78 Å². The second kappa shape index (κ2) is 6.29. The van der Waals surface area contributed by atoms with Gasteiger partial charge in [-0.25, -0.2) is 9.97 Å². The number of carbonyl (C=O) groups excluding carboxylic acids is 1. The topological polar surface area (TPSA) is 59.7 Å². The van der Waals surface area contributed by atoms with Gasteiger partial charge in [-0.05, 0) is 19.0 Å². The molecule has 0 unspecified atom stereocenters. The van der Waals surface area contributed by atoms with Crippen LogP contribution in [-0.4, -0.2) is 45.4 Å². The summed E-state index contributed by atoms with van der Waals surface area (Å²) >= 11 is 0. The minimum Gasteiger partial charge on any atom is -0.468 e. The van der Waals surface area contributed by atoms with Crippen molar-refractivity contribution in [2.45, 2.75) is 19.9 Å². The fourth-order valence-electron chi connectivity index (χ4n) is 1.96. The predicted molar refractivity (Wildman–Crippen MR) is 70.6 cm³/mol. The average Bonchev–Trinajstić information content (AvgIpc) is 2.80. The average molecular weight is 262 g/mol. The normalized spacial score (nSPS) is 11.1. The second-order valence-electron chi connectivity index (χ2n) is 4.35. The molecule has 102 valence electrons. The van der Waals surface area contributed by atoms with Crippen LogP contribution < -0.4 is 0 Å². The molecule has 0 fully saturated rings. The highest BCUT2D eigenvalue weighted by molar-refractivity contribution is 5.71. The summed E-state index contributed by atoms with van der Waals surface area (Å²) in [5.41, 5.74) is 0.899. The van der Waals surface area contributed by atoms with Crippen molar-refractivity contribution in [3.63, 3.8) is 0 Å². The Morgan fingerprint density at radius 1 is 1.53 bits per heavy atom. The molecule has 0 aliphatic rings. The number of esters is 1. The van der Waals surface area contributed by atoms with Gasteiger partial charge in [0.1, 0.15) is 0 Å². The van der Waals surface area contributed by atoms with E-state index in [4.69, 9.17) is 4.74 Å². The number of nitrogens with zero attached hydrogens (tertiary/aromatic N) is 4. The quantitative estimate of drug-likeness (QED) is 0.730. The molecule has 6 nitrogen and oxygen atoms in total. The Bertz CT molecular complexity index is 519. The van der Waals surface area contributed by atoms with Gasteiger partial charge in [0.2, 0.25) is 5.78 Å². The summed E-state index contributed by atoms with van der Waals surface area (Å²) in [7, 11) is 1.40. The molecule has 0 spiro atoms. The highest BCUT2D eigenvalue weighted by atomic mass is 16.5. The molecule has 2 rings (SSSR count). The fourth-order valence-corrected chi connectivity index (χ4v) is 1.96. The van der Waals surface area contributed by atoms with Crippen LogP contribution in [-0.2, 0) is 16.1 Å². The molecule has 0 amide bonds. The smallest absolute Gasteiger partial charge is 0.319 e. The molecular weight excluding hydrogens is 244 g/mol. The van der Waals surface area contributed by atoms with Crippen LogP contribution >= 0.6 is 0 Å². The Kier molecular flexibility index (Phi) is 4.46. The largest absolute Gasteiger partial charge is 0.468 e. The number of carbonyl (C=O) groups is 1. The van der Waals surface area contributed by atoms with Crippen molar-refractivity contribution in [1.82, 2.24) is 19.3 Å². The second-order valence-corrected chi connectivity index (χ2v) is 4.35. The fraction of sp³-hybridized carbons (Fsp3) is 0.462. The summed E-state index contributed by atoms with van der Waals surface area (Å²) in [4.78, 5) is 22.0. The van der Waals surface area contributed by atoms with Crippen LogP contribution in [0.2, 0.25) is 0 Å². The van der Waals surface area contributed by atoms with Crippen molar-refractivity contribution in [3.05, 3.63) is 30.4 Å². The molecule has 2 aromatic rings. The van der Waals surface area contributed by atoms with Gasteiger partial charge >= 0.3 is 5.97 Å². The van der Waals surface area contributed by atoms with Gasteiger partial charge in [-0.2, -0.15) is 0 Å². The summed E-state index contributed by atoms with van der Waals surface area (Å²) in [5, 5.41) is 0. The summed E-state index contributed by atoms with van der Waals surface area (Å²) < 4.78 is 6.58. The lowest BCUT2D eigenvalue weighted by atomic mass is 10.3. The number of ether oxygens (including phenoxy) is 1. The van der Waals surface area contributed by atoms with Gasteiger partial charge in [-0.3, -0.25) is 14.1 Å². The summed E-state index contributed by atoms with van der Waals surface area (Å²) in [6.07, 6.45) is 6.53. The Hall–Kier alpha value is -1.95. The SMILES string of the molecule is CCCN(CC(=O)OC)Cc1cn2cccnc2n1. The Balaban J connectivity index is 2.09. The molecule has 0 N–H and O–H groups in total. The number of imidazole rings is 1. The molecule has 0 atom stereocenters. The third-order valence-electron chi connectivity index (χ3n) is 2.79. The molecule has 0 saturated heterocycles. The van der Waals surface area contributed by atoms with Crippen molar-refractivity contribution >= 4 is 11.7 Å². The molecule has 2 heterocycles. The number of methoxy groups -OCH3 is 1. The van der Waals surface area contributed by atoms with E-state index < -0.39 is 0 Å². The van der Waals surface area contributed by atoms with Gasteiger partial charge in [0, 0.05) is 25.1 Å². The van der Waals surface area contributed by atoms with Gasteiger partial charge in [0.15, 0.2) is 0 Å². The van der Waals surface area contributed by atoms with Crippen molar-refractivity contribution in [2.75, 3.05) is 20.2 Å². The monoisotopic (exact) mass is 262 g/mol. The van der Waals surface area contributed by atoms with E-state index in [2.05, 4.69) is 16.9 Å². The van der Waals surface area contributed by atoms with Crippen LogP contribution in [0.15, 0.2) is 24.7 Å². The zero-order valence-corrected chi connectivity index (χ0v) is 11.2. The highest BCUT2D eigenvalue weighted by Gasteiger charge is 2.12. The van der Waals surface area contributed by atoms with Crippen molar-refractivity contribution < 1.29 is 9.53 Å². The molecular formula is C13H18N4O2. The Morgan fingerprint density at radius 3 is 3.05 bits per heavy atom. The first-order chi connectivity index (χ1) is 9.22. The number of hydrogen-bond donors (Lipinski definition) is 0. The number of fused-ring (bicyclic) bond motifs is 1. The molecule has 0 bridgehead atoms. The number of hydrogen-bond acceptors (Lipinski definition) is 5. The van der Waals surface area contributed by atoms with E-state index in [0.29, 0.717) is 12.3 Å². The third-order valence-corrected chi connectivity index (χ3v) is 2.79. The first-order valence-electron chi connectivity index (χ1n) is 6.30. The van der Waals surface area contributed by atoms with E-state index in [1.807, 2.05) is 27.8 Å². The van der Waals surface area contributed by atoms with Crippen LogP contribution in [0, 0.1) is 0 Å². The van der Waals surface area contributed by atoms with Gasteiger partial charge in [0.05, 0.1) is 19.3 Å². The van der Waals surface area contributed by atoms with Gasteiger partial charge < -0.3 is 4.74 Å². The summed E-state index contributed by atoms with van der Waals surface area (Å²) in [6.45, 7) is 3.81. The third kappa shape index (κ3) is 3.51. The molecule has 6 heteroatoms. The highest BCUT2D eigenvalue weighted by Crippen LogP contribution is 2.06. The molecule has 0 radical (unpaired) electrons. The zero-order chi connectivity index (χ0) is 13.7. The molecule has 0 aromatic carbocycles. The Morgan fingerprint density at radius 2 is 2.37 bits per heavy atom. The van der Waals surface area contributed by atoms with Crippen molar-refractivity contribution in [3.8, 4) is 0 Å². The lowest BCUT2D eigenvalue weighted by Gasteiger charge is -2.18. The van der Waals surface area contributed by atoms with Crippen LogP contribution in [0.5, 0.6) is 0 Å². The van der Waals surface area contributed by atoms with Crippen molar-refractivity contribution in [2.24, 2.45) is 0 Å².